The van der Waals surface area contributed by atoms with Gasteiger partial charge in [0.25, 0.3) is 15.2 Å². The number of carbonyl (C=O) groups is 1. The van der Waals surface area contributed by atoms with Crippen LogP contribution in [0, 0.1) is 6.92 Å². The van der Waals surface area contributed by atoms with Gasteiger partial charge in [-0.2, -0.15) is 0 Å². The topological polar surface area (TPSA) is 122 Å². The number of aryl methyl sites for hydroxylation is 1. The summed E-state index contributed by atoms with van der Waals surface area (Å²) >= 11 is 1.33. The van der Waals surface area contributed by atoms with Crippen LogP contribution in [-0.4, -0.2) is 29.7 Å². The summed E-state index contributed by atoms with van der Waals surface area (Å²) < 4.78 is 33.3. The molecule has 0 spiro atoms. The zero-order valence-electron chi connectivity index (χ0n) is 17.4. The van der Waals surface area contributed by atoms with Gasteiger partial charge in [-0.1, -0.05) is 41.6 Å². The van der Waals surface area contributed by atoms with Crippen LogP contribution in [0.3, 0.4) is 0 Å². The van der Waals surface area contributed by atoms with E-state index < -0.39 is 16.0 Å². The van der Waals surface area contributed by atoms with Crippen LogP contribution in [0.2, 0.25) is 0 Å². The number of sulfonamides is 1. The van der Waals surface area contributed by atoms with E-state index in [-0.39, 0.29) is 10.5 Å². The molecule has 1 aromatic heterocycles. The van der Waals surface area contributed by atoms with Crippen molar-refractivity contribution in [1.82, 2.24) is 10.2 Å². The second kappa shape index (κ2) is 9.47. The van der Waals surface area contributed by atoms with Crippen molar-refractivity contribution in [2.24, 2.45) is 0 Å². The number of aromatic nitrogens is 2. The van der Waals surface area contributed by atoms with Crippen LogP contribution in [0.4, 0.5) is 5.69 Å². The van der Waals surface area contributed by atoms with Gasteiger partial charge in [0.05, 0.1) is 10.5 Å². The fraction of sp³-hybridized carbons (Fsp3) is 0.0870. The standard InChI is InChI=1S/C23H19N3O5S2/c1-15-2-12-20(13-3-15)33(29,30)26-19-10-8-17(9-11-19)21-24-25-23(31-21)32-14-16-4-6-18(7-5-16)22(27)28/h2-13,26H,14H2,1H3,(H,27,28). The largest absolute Gasteiger partial charge is 0.478 e. The highest BCUT2D eigenvalue weighted by molar-refractivity contribution is 7.98. The summed E-state index contributed by atoms with van der Waals surface area (Å²) in [5.74, 6) is -0.113. The van der Waals surface area contributed by atoms with Gasteiger partial charge in [-0.25, -0.2) is 13.2 Å². The second-order valence-corrected chi connectivity index (χ2v) is 9.77. The van der Waals surface area contributed by atoms with Gasteiger partial charge in [0.15, 0.2) is 0 Å². The third kappa shape index (κ3) is 5.60. The molecule has 4 rings (SSSR count). The van der Waals surface area contributed by atoms with E-state index in [0.717, 1.165) is 11.1 Å². The molecule has 0 aliphatic rings. The number of nitrogens with one attached hydrogen (secondary N) is 1. The molecule has 0 aliphatic heterocycles. The van der Waals surface area contributed by atoms with E-state index in [9.17, 15) is 13.2 Å². The molecule has 10 heteroatoms. The molecule has 0 bridgehead atoms. The predicted octanol–water partition coefficient (Wildman–Crippen LogP) is 4.84. The molecule has 8 nitrogen and oxygen atoms in total. The van der Waals surface area contributed by atoms with Crippen LogP contribution >= 0.6 is 11.8 Å². The minimum atomic E-state index is -3.68. The molecule has 33 heavy (non-hydrogen) atoms. The summed E-state index contributed by atoms with van der Waals surface area (Å²) in [6.45, 7) is 1.89. The molecule has 4 aromatic rings. The van der Waals surface area contributed by atoms with Crippen LogP contribution in [0.5, 0.6) is 0 Å². The molecule has 0 radical (unpaired) electrons. The van der Waals surface area contributed by atoms with Crippen molar-refractivity contribution in [3.8, 4) is 11.5 Å². The minimum absolute atomic E-state index is 0.188. The van der Waals surface area contributed by atoms with Crippen molar-refractivity contribution >= 4 is 33.4 Å². The van der Waals surface area contributed by atoms with E-state index in [4.69, 9.17) is 9.52 Å². The van der Waals surface area contributed by atoms with E-state index >= 15 is 0 Å². The number of thioether (sulfide) groups is 1. The molecule has 1 heterocycles. The number of nitrogens with zero attached hydrogens (tertiary/aromatic N) is 2. The van der Waals surface area contributed by atoms with E-state index in [2.05, 4.69) is 14.9 Å². The van der Waals surface area contributed by atoms with Crippen LogP contribution < -0.4 is 4.72 Å². The van der Waals surface area contributed by atoms with Crippen molar-refractivity contribution < 1.29 is 22.7 Å². The molecule has 0 unspecified atom stereocenters. The van der Waals surface area contributed by atoms with Crippen molar-refractivity contribution in [3.63, 3.8) is 0 Å². The van der Waals surface area contributed by atoms with E-state index in [1.165, 1.54) is 11.8 Å². The Labute approximate surface area is 194 Å². The number of anilines is 1. The lowest BCUT2D eigenvalue weighted by Crippen LogP contribution is -2.12. The van der Waals surface area contributed by atoms with Crippen LogP contribution in [0.25, 0.3) is 11.5 Å². The lowest BCUT2D eigenvalue weighted by Gasteiger charge is -2.08. The Bertz CT molecular complexity index is 1370. The fourth-order valence-electron chi connectivity index (χ4n) is 2.89. The molecule has 3 aromatic carbocycles. The van der Waals surface area contributed by atoms with Gasteiger partial charge in [-0.15, -0.1) is 10.2 Å². The second-order valence-electron chi connectivity index (χ2n) is 7.16. The van der Waals surface area contributed by atoms with Gasteiger partial charge in [-0.3, -0.25) is 4.72 Å². The average molecular weight is 482 g/mol. The molecular weight excluding hydrogens is 462 g/mol. The molecule has 168 valence electrons. The molecule has 0 fully saturated rings. The summed E-state index contributed by atoms with van der Waals surface area (Å²) in [6.07, 6.45) is 0. The van der Waals surface area contributed by atoms with Gasteiger partial charge in [0.1, 0.15) is 0 Å². The van der Waals surface area contributed by atoms with Crippen LogP contribution in [0.1, 0.15) is 21.5 Å². The molecule has 0 saturated heterocycles. The average Bonchev–Trinajstić information content (AvgIpc) is 3.27. The van der Waals surface area contributed by atoms with Crippen molar-refractivity contribution in [3.05, 3.63) is 89.5 Å². The summed E-state index contributed by atoms with van der Waals surface area (Å²) in [4.78, 5) is 11.1. The third-order valence-corrected chi connectivity index (χ3v) is 6.97. The van der Waals surface area contributed by atoms with Gasteiger partial charge in [0.2, 0.25) is 5.89 Å². The lowest BCUT2D eigenvalue weighted by molar-refractivity contribution is 0.0697. The maximum Gasteiger partial charge on any atom is 0.335 e. The SMILES string of the molecule is Cc1ccc(S(=O)(=O)Nc2ccc(-c3nnc(SCc4ccc(C(=O)O)cc4)o3)cc2)cc1. The highest BCUT2D eigenvalue weighted by Crippen LogP contribution is 2.27. The molecule has 0 aliphatic carbocycles. The normalized spacial score (nSPS) is 11.3. The van der Waals surface area contributed by atoms with Gasteiger partial charge in [-0.05, 0) is 61.0 Å². The minimum Gasteiger partial charge on any atom is -0.478 e. The number of aromatic carboxylic acids is 1. The lowest BCUT2D eigenvalue weighted by atomic mass is 10.1. The van der Waals surface area contributed by atoms with E-state index in [1.807, 2.05) is 6.92 Å². The Balaban J connectivity index is 1.39. The molecule has 2 N–H and O–H groups in total. The predicted molar refractivity (Wildman–Crippen MR) is 125 cm³/mol. The Morgan fingerprint density at radius 3 is 2.27 bits per heavy atom. The monoisotopic (exact) mass is 481 g/mol. The molecule has 0 atom stereocenters. The zero-order valence-corrected chi connectivity index (χ0v) is 19.1. The Hall–Kier alpha value is -3.63. The fourth-order valence-corrected chi connectivity index (χ4v) is 4.66. The smallest absolute Gasteiger partial charge is 0.335 e. The number of benzene rings is 3. The van der Waals surface area contributed by atoms with Gasteiger partial charge in [0, 0.05) is 17.0 Å². The maximum atomic E-state index is 12.5. The summed E-state index contributed by atoms with van der Waals surface area (Å²) in [5, 5.41) is 17.4. The first-order valence-electron chi connectivity index (χ1n) is 9.79. The number of hydrogen-bond acceptors (Lipinski definition) is 7. The first kappa shape index (κ1) is 22.6. The zero-order chi connectivity index (χ0) is 23.4. The van der Waals surface area contributed by atoms with Crippen molar-refractivity contribution in [2.45, 2.75) is 22.8 Å². The van der Waals surface area contributed by atoms with Crippen molar-refractivity contribution in [1.29, 1.82) is 0 Å². The van der Waals surface area contributed by atoms with Crippen molar-refractivity contribution in [2.75, 3.05) is 4.72 Å². The third-order valence-electron chi connectivity index (χ3n) is 4.69. The maximum absolute atomic E-state index is 12.5. The number of carboxylic acids is 1. The molecule has 0 amide bonds. The van der Waals surface area contributed by atoms with Gasteiger partial charge < -0.3 is 9.52 Å². The summed E-state index contributed by atoms with van der Waals surface area (Å²) in [5.41, 5.74) is 3.20. The number of hydrogen-bond donors (Lipinski definition) is 2. The quantitative estimate of drug-likeness (QED) is 0.343. The Morgan fingerprint density at radius 1 is 0.970 bits per heavy atom. The molecule has 0 saturated carbocycles. The highest BCUT2D eigenvalue weighted by atomic mass is 32.2. The summed E-state index contributed by atoms with van der Waals surface area (Å²) in [6, 6.07) is 19.8. The van der Waals surface area contributed by atoms with Gasteiger partial charge >= 0.3 is 5.97 Å². The highest BCUT2D eigenvalue weighted by Gasteiger charge is 2.15. The first-order chi connectivity index (χ1) is 15.8. The molecular formula is C23H19N3O5S2. The van der Waals surface area contributed by atoms with E-state index in [0.29, 0.717) is 28.1 Å². The Kier molecular flexibility index (Phi) is 6.47. The Morgan fingerprint density at radius 2 is 1.64 bits per heavy atom. The van der Waals surface area contributed by atoms with Crippen LogP contribution in [-0.2, 0) is 15.8 Å². The van der Waals surface area contributed by atoms with E-state index in [1.54, 1.807) is 72.8 Å². The summed E-state index contributed by atoms with van der Waals surface area (Å²) in [7, 11) is -3.68. The van der Waals surface area contributed by atoms with Crippen LogP contribution in [0.15, 0.2) is 87.3 Å². The number of carboxylic acid groups (broad SMARTS) is 1. The first-order valence-corrected chi connectivity index (χ1v) is 12.3. The number of rotatable bonds is 8.